The van der Waals surface area contributed by atoms with E-state index < -0.39 is 18.1 Å². The van der Waals surface area contributed by atoms with Crippen molar-refractivity contribution < 1.29 is 57.2 Å². The normalized spacial score (nSPS) is 18.3. The summed E-state index contributed by atoms with van der Waals surface area (Å²) in [6.45, 7) is 14.1. The Morgan fingerprint density at radius 1 is 0.426 bits per heavy atom. The summed E-state index contributed by atoms with van der Waals surface area (Å²) in [5.41, 5.74) is 2.78. The SMILES string of the molecule is C=CC(=O)NC1CN(c2ccccn2)CC1Nc1ncc2c(n1)N(C)C(=O)N(c1c(Cl)c(OC)cc(OC)c1Cl)C2.C=CC(=O)NC1CN(c2ccn[nH]2)CC1Nc1ncc2c(n1)N(C)C(=O)N(c1c(Cl)c(OC)cc(OC)c1Cl)C2.C=CC(=O)NC1CN(c2ccncn2)CC1Nc1ncc2c(n1)N(C)C(=O)N(c1c(Cl)c(OC)cc(OC)c1Cl)C2. The average molecular weight is 1790 g/mol. The molecule has 7 N–H and O–H groups in total. The van der Waals surface area contributed by atoms with Gasteiger partial charge in [0.1, 0.15) is 106 Å². The zero-order chi connectivity index (χ0) is 87.1. The van der Waals surface area contributed by atoms with Crippen LogP contribution in [0.1, 0.15) is 16.7 Å². The number of carbonyl (C=O) groups excluding carboxylic acids is 6. The first-order valence-corrected chi connectivity index (χ1v) is 39.6. The lowest BCUT2D eigenvalue weighted by atomic mass is 10.1. The second kappa shape index (κ2) is 37.8. The lowest BCUT2D eigenvalue weighted by Crippen LogP contribution is -2.47. The Kier molecular flexibility index (Phi) is 27.0. The molecule has 6 aliphatic heterocycles. The Morgan fingerprint density at radius 2 is 0.754 bits per heavy atom. The first kappa shape index (κ1) is 87.0. The van der Waals surface area contributed by atoms with Crippen molar-refractivity contribution in [3.63, 3.8) is 0 Å². The van der Waals surface area contributed by atoms with Crippen LogP contribution >= 0.6 is 69.6 Å². The number of hydrogen-bond donors (Lipinski definition) is 7. The van der Waals surface area contributed by atoms with Gasteiger partial charge in [0.25, 0.3) is 0 Å². The van der Waals surface area contributed by atoms with Gasteiger partial charge in [-0.2, -0.15) is 20.1 Å². The number of ether oxygens (including phenoxy) is 6. The number of amides is 9. The molecule has 3 fully saturated rings. The van der Waals surface area contributed by atoms with E-state index in [9.17, 15) is 28.8 Å². The predicted molar refractivity (Wildman–Crippen MR) is 465 cm³/mol. The van der Waals surface area contributed by atoms with E-state index in [-0.39, 0.29) is 121 Å². The molecular weight excluding hydrogens is 1710 g/mol. The fourth-order valence-corrected chi connectivity index (χ4v) is 16.6. The van der Waals surface area contributed by atoms with Crippen molar-refractivity contribution in [3.05, 3.63) is 177 Å². The summed E-state index contributed by atoms with van der Waals surface area (Å²) in [5, 5.41) is 26.8. The Labute approximate surface area is 729 Å². The van der Waals surface area contributed by atoms with Crippen molar-refractivity contribution in [2.75, 3.05) is 163 Å². The Balaban J connectivity index is 0.000000158. The van der Waals surface area contributed by atoms with Crippen LogP contribution in [0.25, 0.3) is 0 Å². The number of aromatic amines is 1. The van der Waals surface area contributed by atoms with Crippen LogP contribution in [0, 0.1) is 0 Å². The number of rotatable bonds is 24. The molecule has 38 nitrogen and oxygen atoms in total. The highest BCUT2D eigenvalue weighted by molar-refractivity contribution is 6.44. The van der Waals surface area contributed by atoms with Crippen molar-refractivity contribution >= 4 is 175 Å². The first-order chi connectivity index (χ1) is 58.7. The number of carbonyl (C=O) groups is 6. The van der Waals surface area contributed by atoms with E-state index in [0.717, 1.165) is 17.5 Å². The Bertz CT molecular complexity index is 5180. The van der Waals surface area contributed by atoms with Crippen LogP contribution in [0.4, 0.5) is 84.2 Å². The minimum absolute atomic E-state index is 0.109. The molecule has 9 amide bonds. The van der Waals surface area contributed by atoms with Crippen molar-refractivity contribution in [3.8, 4) is 34.5 Å². The fourth-order valence-electron chi connectivity index (χ4n) is 14.5. The number of halogens is 6. The summed E-state index contributed by atoms with van der Waals surface area (Å²) in [7, 11) is 13.6. The van der Waals surface area contributed by atoms with Gasteiger partial charge in [0.2, 0.25) is 35.6 Å². The number of urea groups is 3. The molecule has 9 aromatic rings. The Morgan fingerprint density at radius 3 is 1.05 bits per heavy atom. The summed E-state index contributed by atoms with van der Waals surface area (Å²) in [6, 6.07) is 11.2. The minimum Gasteiger partial charge on any atom is -0.495 e. The highest BCUT2D eigenvalue weighted by Gasteiger charge is 2.43. The average Bonchev–Trinajstić information content (AvgIpc) is 1.09. The van der Waals surface area contributed by atoms with E-state index in [0.29, 0.717) is 126 Å². The molecule has 3 saturated heterocycles. The van der Waals surface area contributed by atoms with Crippen LogP contribution in [0.3, 0.4) is 0 Å². The van der Waals surface area contributed by atoms with Gasteiger partial charge >= 0.3 is 18.1 Å². The van der Waals surface area contributed by atoms with Crippen molar-refractivity contribution in [1.29, 1.82) is 0 Å². The zero-order valence-electron chi connectivity index (χ0n) is 67.0. The van der Waals surface area contributed by atoms with Crippen LogP contribution in [0.5, 0.6) is 34.5 Å². The van der Waals surface area contributed by atoms with Gasteiger partial charge in [-0.15, -0.1) is 0 Å². The maximum atomic E-state index is 13.6. The van der Waals surface area contributed by atoms with Gasteiger partial charge in [-0.05, 0) is 36.4 Å². The molecule has 122 heavy (non-hydrogen) atoms. The third-order valence-corrected chi connectivity index (χ3v) is 22.8. The molecule has 0 spiro atoms. The largest absolute Gasteiger partial charge is 0.495 e. The molecule has 6 atom stereocenters. The van der Waals surface area contributed by atoms with E-state index in [1.54, 1.807) is 82.6 Å². The lowest BCUT2D eigenvalue weighted by Gasteiger charge is -2.35. The van der Waals surface area contributed by atoms with Crippen LogP contribution in [-0.4, -0.2) is 230 Å². The first-order valence-electron chi connectivity index (χ1n) is 37.3. The molecule has 44 heteroatoms. The van der Waals surface area contributed by atoms with E-state index in [4.69, 9.17) is 98.0 Å². The van der Waals surface area contributed by atoms with Gasteiger partial charge < -0.3 is 75.0 Å². The highest BCUT2D eigenvalue weighted by Crippen LogP contribution is 2.51. The monoisotopic (exact) mass is 1780 g/mol. The molecule has 6 aliphatic rings. The van der Waals surface area contributed by atoms with Gasteiger partial charge in [0.15, 0.2) is 0 Å². The lowest BCUT2D eigenvalue weighted by molar-refractivity contribution is -0.117. The molecule has 6 aromatic heterocycles. The molecule has 0 bridgehead atoms. The van der Waals surface area contributed by atoms with Crippen LogP contribution in [0.15, 0.2) is 130 Å². The van der Waals surface area contributed by atoms with Gasteiger partial charge in [0.05, 0.1) is 122 Å². The fraction of sp³-hybridized carbons (Fsp3) is 0.308. The molecular formula is C78H82Cl6N26O12. The number of pyridine rings is 1. The summed E-state index contributed by atoms with van der Waals surface area (Å²) in [5.74, 6) is 5.53. The van der Waals surface area contributed by atoms with Crippen LogP contribution in [-0.2, 0) is 34.0 Å². The highest BCUT2D eigenvalue weighted by atomic mass is 35.5. The van der Waals surface area contributed by atoms with E-state index in [1.807, 2.05) is 29.2 Å². The van der Waals surface area contributed by atoms with Crippen molar-refractivity contribution in [1.82, 2.24) is 71.0 Å². The van der Waals surface area contributed by atoms with Gasteiger partial charge in [-0.3, -0.25) is 48.9 Å². The molecule has 3 aromatic carbocycles. The summed E-state index contributed by atoms with van der Waals surface area (Å²) >= 11 is 39.5. The summed E-state index contributed by atoms with van der Waals surface area (Å²) in [4.78, 5) is 132. The number of aromatic nitrogens is 11. The number of H-pyrrole nitrogens is 1. The third kappa shape index (κ3) is 18.0. The molecule has 638 valence electrons. The van der Waals surface area contributed by atoms with Crippen molar-refractivity contribution in [2.45, 2.75) is 55.9 Å². The summed E-state index contributed by atoms with van der Waals surface area (Å²) < 4.78 is 32.2. The van der Waals surface area contributed by atoms with Crippen LogP contribution < -0.4 is 104 Å². The number of fused-ring (bicyclic) bond motifs is 3. The molecule has 0 aliphatic carbocycles. The smallest absolute Gasteiger partial charge is 0.330 e. The number of methoxy groups -OCH3 is 6. The number of hydrogen-bond acceptors (Lipinski definition) is 28. The maximum absolute atomic E-state index is 13.6. The molecule has 12 heterocycles. The number of benzene rings is 3. The second-order valence-electron chi connectivity index (χ2n) is 27.8. The predicted octanol–water partition coefficient (Wildman–Crippen LogP) is 9.95. The number of nitrogens with one attached hydrogen (secondary N) is 7. The van der Waals surface area contributed by atoms with Gasteiger partial charge in [-0.1, -0.05) is 95.4 Å². The van der Waals surface area contributed by atoms with E-state index >= 15 is 0 Å². The minimum atomic E-state index is -0.409. The number of anilines is 12. The maximum Gasteiger partial charge on any atom is 0.330 e. The Hall–Kier alpha value is -12.9. The van der Waals surface area contributed by atoms with E-state index in [2.05, 4.69) is 116 Å². The van der Waals surface area contributed by atoms with Gasteiger partial charge in [0, 0.05) is 132 Å². The topological polar surface area (TPSA) is 404 Å². The quantitative estimate of drug-likeness (QED) is 0.0276. The molecule has 0 saturated carbocycles. The molecule has 15 rings (SSSR count). The van der Waals surface area contributed by atoms with Crippen LogP contribution in [0.2, 0.25) is 30.1 Å². The third-order valence-electron chi connectivity index (χ3n) is 20.6. The van der Waals surface area contributed by atoms with Gasteiger partial charge in [-0.25, -0.2) is 44.3 Å². The standard InChI is InChI=1S/C27H28Cl2N8O4.C26H27Cl2N9O4.C25H27Cl2N9O4/c1-5-21(38)32-16-13-36(20-8-6-7-9-30-20)14-17(16)33-26-31-11-15-12-37(27(39)35(2)25(15)34-26)24-22(28)18(40-3)10-19(41-4)23(24)29;1-5-20(38)32-15-11-36(19-6-7-29-13-31-19)12-16(15)33-25-30-9-14-10-37(26(39)35(2)24(14)34-25)23-21(27)17(40-3)8-18(41-4)22(23)28;1-5-19(37)30-14-11-35(18-6-7-29-33-18)12-15(14)31-24-28-9-13-10-36(25(38)34(2)23(13)32-24)22-20(26)16(39-3)8-17(40-4)21(22)27/h5-11,16-17H,1,12-14H2,2-4H3,(H,32,38)(H,31,33,34);5-9,13,15-16H,1,10-12H2,2-4H3,(H,32,38)(H,30,33,34);5-9,14-15H,1,10-12H2,2-4H3,(H,29,33)(H,30,37)(H,28,31,32). The molecule has 6 unspecified atom stereocenters. The van der Waals surface area contributed by atoms with E-state index in [1.165, 1.54) is 96.6 Å². The van der Waals surface area contributed by atoms with Crippen molar-refractivity contribution in [2.24, 2.45) is 0 Å². The number of nitrogens with zero attached hydrogens (tertiary/aromatic N) is 19. The summed E-state index contributed by atoms with van der Waals surface area (Å²) in [6.07, 6.45) is 15.1. The zero-order valence-corrected chi connectivity index (χ0v) is 71.5. The molecule has 0 radical (unpaired) electrons. The second-order valence-corrected chi connectivity index (χ2v) is 30.1.